The Morgan fingerprint density at radius 1 is 1.33 bits per heavy atom. The minimum Gasteiger partial charge on any atom is -0.323 e. The fraction of sp³-hybridized carbons (Fsp3) is 0.545. The lowest BCUT2D eigenvalue weighted by Crippen LogP contribution is -2.30. The molecule has 2 heterocycles. The lowest BCUT2D eigenvalue weighted by atomic mass is 10.3. The van der Waals surface area contributed by atoms with Crippen LogP contribution in [0.3, 0.4) is 0 Å². The smallest absolute Gasteiger partial charge is 0.323 e. The minimum atomic E-state index is -4.15. The van der Waals surface area contributed by atoms with Gasteiger partial charge in [-0.25, -0.2) is 9.29 Å². The summed E-state index contributed by atoms with van der Waals surface area (Å²) in [5.41, 5.74) is 0.501. The van der Waals surface area contributed by atoms with Gasteiger partial charge in [-0.1, -0.05) is 6.07 Å². The van der Waals surface area contributed by atoms with Gasteiger partial charge in [0.15, 0.2) is 0 Å². The molecule has 1 aromatic rings. The highest BCUT2D eigenvalue weighted by molar-refractivity contribution is 7.66. The largest absolute Gasteiger partial charge is 0.527 e. The molecule has 2 rings (SSSR count). The van der Waals surface area contributed by atoms with Crippen LogP contribution in [0.5, 0.6) is 0 Å². The summed E-state index contributed by atoms with van der Waals surface area (Å²) in [7, 11) is -10.7. The number of nitrogens with zero attached hydrogens (tertiary/aromatic N) is 3. The molecule has 0 aliphatic carbocycles. The number of pyridine rings is 1. The topological polar surface area (TPSA) is 141 Å². The van der Waals surface area contributed by atoms with Gasteiger partial charge in [0.2, 0.25) is 0 Å². The molecule has 3 N–H and O–H groups in total. The molecule has 0 aromatic carbocycles. The van der Waals surface area contributed by atoms with Crippen LogP contribution in [0.4, 0.5) is 5.82 Å². The van der Waals surface area contributed by atoms with Gasteiger partial charge in [0.1, 0.15) is 18.4 Å². The summed E-state index contributed by atoms with van der Waals surface area (Å²) >= 11 is 0. The van der Waals surface area contributed by atoms with Crippen LogP contribution in [-0.2, 0) is 24.6 Å². The summed E-state index contributed by atoms with van der Waals surface area (Å²) in [6.45, 7) is 2.38. The molecular formula is C11H19N3O7P3+. The molecule has 0 saturated carbocycles. The Labute approximate surface area is 140 Å². The number of anilines is 1. The molecule has 0 bridgehead atoms. The Bertz CT molecular complexity index is 692. The van der Waals surface area contributed by atoms with Crippen molar-refractivity contribution in [3.63, 3.8) is 0 Å². The Morgan fingerprint density at radius 2 is 1.96 bits per heavy atom. The molecule has 0 radical (unpaired) electrons. The van der Waals surface area contributed by atoms with Crippen molar-refractivity contribution in [3.05, 3.63) is 23.9 Å². The van der Waals surface area contributed by atoms with Crippen molar-refractivity contribution in [2.75, 3.05) is 30.3 Å². The zero-order valence-corrected chi connectivity index (χ0v) is 15.6. The van der Waals surface area contributed by atoms with Crippen molar-refractivity contribution in [3.8, 4) is 0 Å². The highest BCUT2D eigenvalue weighted by atomic mass is 31.3. The maximum atomic E-state index is 11.7. The van der Waals surface area contributed by atoms with Gasteiger partial charge < -0.3 is 14.7 Å². The second kappa shape index (κ2) is 7.68. The summed E-state index contributed by atoms with van der Waals surface area (Å²) in [6.07, 6.45) is -0.801. The summed E-state index contributed by atoms with van der Waals surface area (Å²) < 4.78 is 38.7. The van der Waals surface area contributed by atoms with Crippen LogP contribution in [0, 0.1) is 0 Å². The highest BCUT2D eigenvalue weighted by Crippen LogP contribution is 2.63. The van der Waals surface area contributed by atoms with Crippen molar-refractivity contribution in [1.29, 1.82) is 0 Å². The molecule has 1 fully saturated rings. The van der Waals surface area contributed by atoms with Gasteiger partial charge in [-0.3, -0.25) is 14.0 Å². The fourth-order valence-electron chi connectivity index (χ4n) is 2.34. The molecule has 24 heavy (non-hydrogen) atoms. The van der Waals surface area contributed by atoms with Gasteiger partial charge in [-0.05, 0) is 23.6 Å². The molecule has 1 saturated heterocycles. The second-order valence-corrected chi connectivity index (χ2v) is 10.1. The molecule has 0 amide bonds. The average Bonchev–Trinajstić information content (AvgIpc) is 2.41. The Hall–Kier alpha value is -0.690. The first-order valence-corrected chi connectivity index (χ1v) is 11.9. The summed E-state index contributed by atoms with van der Waals surface area (Å²) in [5.74, 6) is 0.486. The van der Waals surface area contributed by atoms with E-state index in [0.717, 1.165) is 0 Å². The van der Waals surface area contributed by atoms with Crippen molar-refractivity contribution in [2.45, 2.75) is 13.5 Å². The highest BCUT2D eigenvalue weighted by Gasteiger charge is 2.41. The third kappa shape index (κ3) is 5.69. The lowest BCUT2D eigenvalue weighted by Gasteiger charge is -2.31. The van der Waals surface area contributed by atoms with E-state index in [1.807, 2.05) is 6.92 Å². The van der Waals surface area contributed by atoms with E-state index in [0.29, 0.717) is 18.1 Å². The van der Waals surface area contributed by atoms with E-state index in [9.17, 15) is 23.5 Å². The molecule has 134 valence electrons. The normalized spacial score (nSPS) is 28.6. The average molecular weight is 398 g/mol. The van der Waals surface area contributed by atoms with Gasteiger partial charge >= 0.3 is 23.2 Å². The second-order valence-electron chi connectivity index (χ2n) is 5.31. The molecule has 1 aliphatic heterocycles. The van der Waals surface area contributed by atoms with Crippen LogP contribution in [0.15, 0.2) is 18.2 Å². The van der Waals surface area contributed by atoms with Gasteiger partial charge in [-0.15, -0.1) is 0 Å². The predicted octanol–water partition coefficient (Wildman–Crippen LogP) is 1.72. The van der Waals surface area contributed by atoms with Crippen molar-refractivity contribution < 1.29 is 32.7 Å². The first kappa shape index (κ1) is 19.6. The molecule has 13 heteroatoms. The van der Waals surface area contributed by atoms with Crippen LogP contribution in [-0.4, -0.2) is 50.0 Å². The number of rotatable bonds is 6. The standard InChI is InChI=1S/C11H18N3O7P3/c1-2-14(7-22(15)16)11-5-3-4-10(12-11)6-13-8-23(17,18)21-24(19,20)9-13/h3-5H,2,6-9H2,1H3,(H2-,15,16,17,18,19,20)/p+1. The third-order valence-electron chi connectivity index (χ3n) is 3.19. The number of hydrogen-bond acceptors (Lipinski definition) is 7. The van der Waals surface area contributed by atoms with E-state index >= 15 is 0 Å². The lowest BCUT2D eigenvalue weighted by molar-refractivity contribution is 0.237. The SMILES string of the molecule is CCN(C[P+](=O)O)c1cccc(CN2CP(=O)(O)OP(=O)(O)C2)n1. The molecule has 0 spiro atoms. The molecule has 1 aromatic heterocycles. The zero-order valence-electron chi connectivity index (χ0n) is 12.9. The van der Waals surface area contributed by atoms with E-state index in [1.54, 1.807) is 23.1 Å². The fourth-order valence-corrected chi connectivity index (χ4v) is 6.56. The van der Waals surface area contributed by atoms with Crippen LogP contribution in [0.1, 0.15) is 12.6 Å². The number of hydrogen-bond donors (Lipinski definition) is 3. The first-order chi connectivity index (χ1) is 11.1. The van der Waals surface area contributed by atoms with E-state index in [-0.39, 0.29) is 25.4 Å². The molecule has 1 aliphatic rings. The Balaban J connectivity index is 2.15. The summed E-state index contributed by atoms with van der Waals surface area (Å²) in [4.78, 5) is 35.4. The molecule has 3 atom stereocenters. The summed E-state index contributed by atoms with van der Waals surface area (Å²) in [6, 6.07) is 5.04. The van der Waals surface area contributed by atoms with Gasteiger partial charge in [-0.2, -0.15) is 4.89 Å². The predicted molar refractivity (Wildman–Crippen MR) is 88.0 cm³/mol. The van der Waals surface area contributed by atoms with Gasteiger partial charge in [0.05, 0.1) is 5.69 Å². The quantitative estimate of drug-likeness (QED) is 0.607. The molecular weight excluding hydrogens is 379 g/mol. The summed E-state index contributed by atoms with van der Waals surface area (Å²) in [5, 5.41) is 0. The molecule has 3 unspecified atom stereocenters. The maximum absolute atomic E-state index is 11.7. The van der Waals surface area contributed by atoms with Gasteiger partial charge in [0.25, 0.3) is 6.29 Å². The first-order valence-electron chi connectivity index (χ1n) is 7.02. The van der Waals surface area contributed by atoms with E-state index < -0.39 is 23.2 Å². The Kier molecular flexibility index (Phi) is 6.29. The van der Waals surface area contributed by atoms with Crippen molar-refractivity contribution >= 4 is 29.0 Å². The van der Waals surface area contributed by atoms with E-state index in [4.69, 9.17) is 4.89 Å². The van der Waals surface area contributed by atoms with Crippen molar-refractivity contribution in [1.82, 2.24) is 9.88 Å². The maximum Gasteiger partial charge on any atom is 0.527 e. The third-order valence-corrected chi connectivity index (χ3v) is 7.33. The van der Waals surface area contributed by atoms with Crippen molar-refractivity contribution in [2.24, 2.45) is 0 Å². The van der Waals surface area contributed by atoms with Crippen LogP contribution in [0.25, 0.3) is 0 Å². The minimum absolute atomic E-state index is 0.0580. The van der Waals surface area contributed by atoms with Crippen LogP contribution in [0.2, 0.25) is 0 Å². The van der Waals surface area contributed by atoms with Gasteiger partial charge in [0, 0.05) is 13.1 Å². The zero-order chi connectivity index (χ0) is 18.0. The van der Waals surface area contributed by atoms with E-state index in [2.05, 4.69) is 9.29 Å². The van der Waals surface area contributed by atoms with E-state index in [1.165, 1.54) is 4.90 Å². The molecule has 10 nitrogen and oxygen atoms in total. The van der Waals surface area contributed by atoms with Crippen LogP contribution >= 0.6 is 23.2 Å². The number of aromatic nitrogens is 1. The Morgan fingerprint density at radius 3 is 2.50 bits per heavy atom. The van der Waals surface area contributed by atoms with Crippen LogP contribution < -0.4 is 4.90 Å². The monoisotopic (exact) mass is 398 g/mol.